The molecular weight excluding hydrogens is 414 g/mol. The molecule has 0 amide bonds. The third-order valence-corrected chi connectivity index (χ3v) is 5.33. The molecule has 0 aliphatic rings. The number of sulfonamides is 1. The average Bonchev–Trinajstić information content (AvgIpc) is 3.18. The Labute approximate surface area is 171 Å². The number of hydrogen-bond donors (Lipinski definition) is 1. The summed E-state index contributed by atoms with van der Waals surface area (Å²) in [6, 6.07) is 9.80. The van der Waals surface area contributed by atoms with Crippen molar-refractivity contribution in [3.63, 3.8) is 0 Å². The minimum Gasteiger partial charge on any atom is -0.465 e. The summed E-state index contributed by atoms with van der Waals surface area (Å²) < 4.78 is 43.1. The molecule has 30 heavy (non-hydrogen) atoms. The lowest BCUT2D eigenvalue weighted by Crippen LogP contribution is -2.16. The van der Waals surface area contributed by atoms with Gasteiger partial charge in [0.1, 0.15) is 0 Å². The van der Waals surface area contributed by atoms with Crippen LogP contribution >= 0.6 is 0 Å². The van der Waals surface area contributed by atoms with Crippen molar-refractivity contribution < 1.29 is 31.9 Å². The monoisotopic (exact) mass is 431 g/mol. The van der Waals surface area contributed by atoms with E-state index in [1.165, 1.54) is 12.1 Å². The van der Waals surface area contributed by atoms with Crippen LogP contribution in [0.4, 0.5) is 5.69 Å². The molecule has 156 valence electrons. The first-order valence-corrected chi connectivity index (χ1v) is 9.97. The second kappa shape index (κ2) is 8.33. The molecule has 0 aliphatic carbocycles. The predicted molar refractivity (Wildman–Crippen MR) is 104 cm³/mol. The first-order valence-electron chi connectivity index (χ1n) is 8.49. The maximum absolute atomic E-state index is 13.0. The number of nitrogens with zero attached hydrogens (tertiary/aromatic N) is 2. The lowest BCUT2D eigenvalue weighted by Gasteiger charge is -2.12. The normalized spacial score (nSPS) is 11.0. The lowest BCUT2D eigenvalue weighted by molar-refractivity contribution is 0.0598. The Kier molecular flexibility index (Phi) is 5.83. The van der Waals surface area contributed by atoms with E-state index in [9.17, 15) is 18.0 Å². The molecule has 0 aliphatic heterocycles. The number of ether oxygens (including phenoxy) is 2. The first kappa shape index (κ1) is 21.0. The SMILES string of the molecule is COC(=O)c1cc(C(=O)OC)cc(S(=O)(=O)Nc2ccccc2-c2nnc(C)o2)c1. The van der Waals surface area contributed by atoms with Crippen LogP contribution in [0.2, 0.25) is 0 Å². The Bertz CT molecular complexity index is 1180. The molecule has 11 heteroatoms. The zero-order chi connectivity index (χ0) is 21.9. The van der Waals surface area contributed by atoms with Crippen LogP contribution in [0.5, 0.6) is 0 Å². The van der Waals surface area contributed by atoms with Gasteiger partial charge in [0.25, 0.3) is 10.0 Å². The van der Waals surface area contributed by atoms with Crippen molar-refractivity contribution in [3.8, 4) is 11.5 Å². The first-order chi connectivity index (χ1) is 14.2. The second-order valence-electron chi connectivity index (χ2n) is 6.01. The van der Waals surface area contributed by atoms with Crippen LogP contribution in [0.25, 0.3) is 11.5 Å². The molecule has 1 aromatic heterocycles. The molecule has 3 aromatic rings. The highest BCUT2D eigenvalue weighted by molar-refractivity contribution is 7.92. The topological polar surface area (TPSA) is 138 Å². The van der Waals surface area contributed by atoms with Crippen molar-refractivity contribution in [1.82, 2.24) is 10.2 Å². The van der Waals surface area contributed by atoms with E-state index in [0.717, 1.165) is 26.4 Å². The third kappa shape index (κ3) is 4.30. The van der Waals surface area contributed by atoms with Crippen molar-refractivity contribution in [3.05, 3.63) is 59.5 Å². The highest BCUT2D eigenvalue weighted by atomic mass is 32.2. The number of methoxy groups -OCH3 is 2. The van der Waals surface area contributed by atoms with Gasteiger partial charge in [-0.2, -0.15) is 0 Å². The minimum atomic E-state index is -4.22. The maximum atomic E-state index is 13.0. The number of carbonyl (C=O) groups is 2. The van der Waals surface area contributed by atoms with Crippen LogP contribution < -0.4 is 4.72 Å². The Morgan fingerprint density at radius 1 is 0.967 bits per heavy atom. The van der Waals surface area contributed by atoms with E-state index in [1.807, 2.05) is 0 Å². The summed E-state index contributed by atoms with van der Waals surface area (Å²) >= 11 is 0. The number of rotatable bonds is 6. The molecule has 0 unspecified atom stereocenters. The second-order valence-corrected chi connectivity index (χ2v) is 7.69. The van der Waals surface area contributed by atoms with E-state index in [2.05, 4.69) is 24.4 Å². The highest BCUT2D eigenvalue weighted by Gasteiger charge is 2.23. The highest BCUT2D eigenvalue weighted by Crippen LogP contribution is 2.29. The molecule has 0 bridgehead atoms. The van der Waals surface area contributed by atoms with Gasteiger partial charge >= 0.3 is 11.9 Å². The number of nitrogens with one attached hydrogen (secondary N) is 1. The van der Waals surface area contributed by atoms with Gasteiger partial charge in [-0.25, -0.2) is 18.0 Å². The molecular formula is C19H17N3O7S. The van der Waals surface area contributed by atoms with Gasteiger partial charge in [0.05, 0.1) is 41.5 Å². The van der Waals surface area contributed by atoms with E-state index in [1.54, 1.807) is 25.1 Å². The Morgan fingerprint density at radius 2 is 1.57 bits per heavy atom. The zero-order valence-corrected chi connectivity index (χ0v) is 17.0. The molecule has 0 atom stereocenters. The van der Waals surface area contributed by atoms with Crippen LogP contribution in [0, 0.1) is 6.92 Å². The summed E-state index contributed by atoms with van der Waals surface area (Å²) in [4.78, 5) is 23.5. The Morgan fingerprint density at radius 3 is 2.10 bits per heavy atom. The van der Waals surface area contributed by atoms with Crippen LogP contribution in [0.15, 0.2) is 51.8 Å². The van der Waals surface area contributed by atoms with E-state index in [0.29, 0.717) is 11.5 Å². The summed E-state index contributed by atoms with van der Waals surface area (Å²) in [5.41, 5.74) is 0.284. The van der Waals surface area contributed by atoms with E-state index in [4.69, 9.17) is 4.42 Å². The summed E-state index contributed by atoms with van der Waals surface area (Å²) in [6.07, 6.45) is 0. The number of esters is 2. The zero-order valence-electron chi connectivity index (χ0n) is 16.2. The van der Waals surface area contributed by atoms with Gasteiger partial charge in [0, 0.05) is 6.92 Å². The fourth-order valence-electron chi connectivity index (χ4n) is 2.59. The molecule has 1 N–H and O–H groups in total. The number of hydrogen-bond acceptors (Lipinski definition) is 9. The maximum Gasteiger partial charge on any atom is 0.337 e. The van der Waals surface area contributed by atoms with Gasteiger partial charge in [-0.3, -0.25) is 4.72 Å². The van der Waals surface area contributed by atoms with Crippen molar-refractivity contribution in [2.45, 2.75) is 11.8 Å². The van der Waals surface area contributed by atoms with E-state index >= 15 is 0 Å². The fraction of sp³-hybridized carbons (Fsp3) is 0.158. The molecule has 0 saturated carbocycles. The third-order valence-electron chi connectivity index (χ3n) is 3.99. The summed E-state index contributed by atoms with van der Waals surface area (Å²) in [5, 5.41) is 7.65. The molecule has 0 saturated heterocycles. The van der Waals surface area contributed by atoms with Crippen molar-refractivity contribution in [1.29, 1.82) is 0 Å². The van der Waals surface area contributed by atoms with Crippen LogP contribution in [-0.2, 0) is 19.5 Å². The molecule has 1 heterocycles. The Balaban J connectivity index is 2.07. The van der Waals surface area contributed by atoms with Gasteiger partial charge in [0.15, 0.2) is 0 Å². The molecule has 0 fully saturated rings. The summed E-state index contributed by atoms with van der Waals surface area (Å²) in [7, 11) is -1.94. The quantitative estimate of drug-likeness (QED) is 0.583. The van der Waals surface area contributed by atoms with Gasteiger partial charge in [-0.15, -0.1) is 10.2 Å². The largest absolute Gasteiger partial charge is 0.465 e. The summed E-state index contributed by atoms with van der Waals surface area (Å²) in [6.45, 7) is 1.61. The van der Waals surface area contributed by atoms with Crippen molar-refractivity contribution in [2.24, 2.45) is 0 Å². The molecule has 0 radical (unpaired) electrons. The Hall–Kier alpha value is -3.73. The van der Waals surface area contributed by atoms with Crippen LogP contribution in [0.3, 0.4) is 0 Å². The predicted octanol–water partition coefficient (Wildman–Crippen LogP) is 2.42. The van der Waals surface area contributed by atoms with E-state index in [-0.39, 0.29) is 27.6 Å². The van der Waals surface area contributed by atoms with Gasteiger partial charge in [0.2, 0.25) is 11.8 Å². The summed E-state index contributed by atoms with van der Waals surface area (Å²) in [5.74, 6) is -1.17. The van der Waals surface area contributed by atoms with Crippen molar-refractivity contribution in [2.75, 3.05) is 18.9 Å². The standard InChI is InChI=1S/C19H17N3O7S/c1-11-20-21-17(29-11)15-6-4-5-7-16(15)22-30(25,26)14-9-12(18(23)27-2)8-13(10-14)19(24)28-3/h4-10,22H,1-3H3. The van der Waals surface area contributed by atoms with Gasteiger partial charge in [-0.1, -0.05) is 12.1 Å². The average molecular weight is 431 g/mol. The molecule has 0 spiro atoms. The van der Waals surface area contributed by atoms with E-state index < -0.39 is 22.0 Å². The number of carbonyl (C=O) groups excluding carboxylic acids is 2. The molecule has 2 aromatic carbocycles. The molecule has 10 nitrogen and oxygen atoms in total. The number of aryl methyl sites for hydroxylation is 1. The van der Waals surface area contributed by atoms with Crippen molar-refractivity contribution >= 4 is 27.6 Å². The van der Waals surface area contributed by atoms with Crippen LogP contribution in [-0.4, -0.2) is 44.8 Å². The minimum absolute atomic E-state index is 0.124. The number of para-hydroxylation sites is 1. The van der Waals surface area contributed by atoms with Crippen LogP contribution in [0.1, 0.15) is 26.6 Å². The van der Waals surface area contributed by atoms with Gasteiger partial charge < -0.3 is 13.9 Å². The van der Waals surface area contributed by atoms with Gasteiger partial charge in [-0.05, 0) is 30.3 Å². The smallest absolute Gasteiger partial charge is 0.337 e. The number of benzene rings is 2. The number of anilines is 1. The molecule has 3 rings (SSSR count). The lowest BCUT2D eigenvalue weighted by atomic mass is 10.1. The fourth-order valence-corrected chi connectivity index (χ4v) is 3.74. The number of aromatic nitrogens is 2.